The third-order valence-electron chi connectivity index (χ3n) is 11.9. The molecule has 0 radical (unpaired) electrons. The van der Waals surface area contributed by atoms with Crippen molar-refractivity contribution >= 4 is 102 Å². The van der Waals surface area contributed by atoms with Gasteiger partial charge in [-0.25, -0.2) is 4.90 Å². The minimum atomic E-state index is -1.30. The number of carbonyl (C=O) groups excluding carboxylic acids is 4. The van der Waals surface area contributed by atoms with E-state index in [-0.39, 0.29) is 34.9 Å². The van der Waals surface area contributed by atoms with E-state index in [2.05, 4.69) is 22.6 Å². The number of aryl methyl sites for hydroxylation is 2. The highest BCUT2D eigenvalue weighted by molar-refractivity contribution is 14.1. The van der Waals surface area contributed by atoms with Crippen LogP contribution < -0.4 is 9.80 Å². The third-order valence-corrected chi connectivity index (χ3v) is 14.4. The third kappa shape index (κ3) is 4.96. The zero-order chi connectivity index (χ0) is 37.2. The van der Waals surface area contributed by atoms with Crippen molar-refractivity contribution in [1.29, 1.82) is 0 Å². The Morgan fingerprint density at radius 3 is 2.42 bits per heavy atom. The van der Waals surface area contributed by atoms with E-state index in [0.717, 1.165) is 29.7 Å². The summed E-state index contributed by atoms with van der Waals surface area (Å²) in [5.74, 6) is -4.42. The summed E-state index contributed by atoms with van der Waals surface area (Å²) in [6.07, 6.45) is 2.51. The molecule has 53 heavy (non-hydrogen) atoms. The Morgan fingerprint density at radius 1 is 0.925 bits per heavy atom. The quantitative estimate of drug-likeness (QED) is 0.110. The van der Waals surface area contributed by atoms with Crippen molar-refractivity contribution in [3.05, 3.63) is 103 Å². The van der Waals surface area contributed by atoms with Crippen molar-refractivity contribution in [2.24, 2.45) is 36.1 Å². The highest BCUT2D eigenvalue weighted by atomic mass is 127. The smallest absolute Gasteiger partial charge is 0.242 e. The molecule has 6 unspecified atom stereocenters. The van der Waals surface area contributed by atoms with Crippen molar-refractivity contribution in [3.8, 4) is 16.3 Å². The van der Waals surface area contributed by atoms with Crippen molar-refractivity contribution in [2.75, 3.05) is 9.80 Å². The van der Waals surface area contributed by atoms with Gasteiger partial charge in [0.15, 0.2) is 0 Å². The first-order chi connectivity index (χ1) is 25.3. The van der Waals surface area contributed by atoms with Gasteiger partial charge in [0.1, 0.15) is 17.3 Å². The highest BCUT2D eigenvalue weighted by Crippen LogP contribution is 2.64. The molecule has 3 fully saturated rings. The van der Waals surface area contributed by atoms with Crippen molar-refractivity contribution < 1.29 is 24.3 Å². The number of thiophene rings is 1. The van der Waals surface area contributed by atoms with Crippen LogP contribution in [-0.4, -0.2) is 38.5 Å². The molecule has 2 aromatic heterocycles. The number of hydrogen-bond acceptors (Lipinski definition) is 7. The summed E-state index contributed by atoms with van der Waals surface area (Å²) in [5, 5.41) is 17.0. The number of amides is 4. The first-order valence-corrected chi connectivity index (χ1v) is 19.9. The molecular formula is C40H31Cl2IN4O5S. The number of aromatic hydroxyl groups is 1. The van der Waals surface area contributed by atoms with E-state index in [1.54, 1.807) is 47.3 Å². The van der Waals surface area contributed by atoms with Gasteiger partial charge in [-0.3, -0.25) is 28.8 Å². The standard InChI is InChI=1S/C40H31Cl2IN4O5S/c1-18-26-14-19(41)4-13-31(26)53-35(18)30-17-32(45(3)44-30)47-37(50)28-16-27-23(34(40(28,2)39(47)52)24-10-9-22(48)15-29(24)42)11-12-25-33(27)38(51)46(36(25)49)21-7-5-20(43)6-8-21/h4-11,13-15,17,25,27-28,33-34,48H,12,16H2,1-3H3. The number of benzene rings is 3. The molecule has 2 saturated heterocycles. The normalized spacial score (nSPS) is 26.7. The zero-order valence-electron chi connectivity index (χ0n) is 28.6. The molecule has 5 aromatic rings. The van der Waals surface area contributed by atoms with Crippen molar-refractivity contribution in [3.63, 3.8) is 0 Å². The Labute approximate surface area is 332 Å². The zero-order valence-corrected chi connectivity index (χ0v) is 33.1. The second kappa shape index (κ2) is 12.2. The molecule has 2 aliphatic heterocycles. The first-order valence-electron chi connectivity index (χ1n) is 17.2. The van der Waals surface area contributed by atoms with E-state index in [1.165, 1.54) is 21.9 Å². The fourth-order valence-electron chi connectivity index (χ4n) is 9.39. The summed E-state index contributed by atoms with van der Waals surface area (Å²) in [7, 11) is 1.71. The summed E-state index contributed by atoms with van der Waals surface area (Å²) in [4.78, 5) is 61.7. The van der Waals surface area contributed by atoms with Crippen LogP contribution >= 0.6 is 57.1 Å². The van der Waals surface area contributed by atoms with Crippen LogP contribution in [0.4, 0.5) is 11.5 Å². The van der Waals surface area contributed by atoms with Crippen LogP contribution in [0.25, 0.3) is 20.7 Å². The lowest BCUT2D eigenvalue weighted by atomic mass is 9.51. The summed E-state index contributed by atoms with van der Waals surface area (Å²) in [6, 6.07) is 19.4. The molecule has 13 heteroatoms. The van der Waals surface area contributed by atoms with Gasteiger partial charge in [0.05, 0.1) is 33.7 Å². The molecular weight excluding hydrogens is 846 g/mol. The summed E-state index contributed by atoms with van der Waals surface area (Å²) in [6.45, 7) is 3.82. The number of rotatable bonds is 4. The number of nitrogens with zero attached hydrogens (tertiary/aromatic N) is 4. The Balaban J connectivity index is 1.16. The predicted molar refractivity (Wildman–Crippen MR) is 213 cm³/mol. The molecule has 4 amide bonds. The Kier molecular flexibility index (Phi) is 8.02. The Bertz CT molecular complexity index is 2490. The van der Waals surface area contributed by atoms with Crippen LogP contribution in [0.5, 0.6) is 5.75 Å². The fourth-order valence-corrected chi connectivity index (χ4v) is 11.3. The SMILES string of the molecule is Cc1c(-c2cc(N3C(=O)C4CC5C(=CCC6C(=O)N(c7ccc(I)cc7)C(=O)C65)C(c5ccc(O)cc5Cl)C4(C)C3=O)n(C)n2)sc2ccc(Cl)cc12. The van der Waals surface area contributed by atoms with E-state index in [0.29, 0.717) is 34.2 Å². The molecule has 3 aromatic carbocycles. The average Bonchev–Trinajstić information content (AvgIpc) is 3.79. The van der Waals surface area contributed by atoms with E-state index in [1.807, 2.05) is 50.3 Å². The molecule has 268 valence electrons. The second-order valence-electron chi connectivity index (χ2n) is 14.6. The number of allylic oxidation sites excluding steroid dienone is 2. The van der Waals surface area contributed by atoms with Gasteiger partial charge in [-0.05, 0) is 126 Å². The Morgan fingerprint density at radius 2 is 1.68 bits per heavy atom. The molecule has 4 heterocycles. The summed E-state index contributed by atoms with van der Waals surface area (Å²) < 4.78 is 3.58. The number of phenols is 1. The predicted octanol–water partition coefficient (Wildman–Crippen LogP) is 8.66. The molecule has 6 atom stereocenters. The van der Waals surface area contributed by atoms with Crippen LogP contribution in [0, 0.1) is 39.6 Å². The Hall–Kier alpha value is -4.04. The van der Waals surface area contributed by atoms with E-state index < -0.39 is 40.9 Å². The number of anilines is 2. The van der Waals surface area contributed by atoms with Crippen LogP contribution in [0.2, 0.25) is 10.0 Å². The van der Waals surface area contributed by atoms with Crippen molar-refractivity contribution in [2.45, 2.75) is 32.6 Å². The maximum Gasteiger partial charge on any atom is 0.242 e. The van der Waals surface area contributed by atoms with Crippen LogP contribution in [0.1, 0.15) is 36.8 Å². The lowest BCUT2D eigenvalue weighted by molar-refractivity contribution is -0.131. The fraction of sp³-hybridized carbons (Fsp3) is 0.275. The molecule has 1 N–H and O–H groups in total. The van der Waals surface area contributed by atoms with E-state index in [9.17, 15) is 19.5 Å². The van der Waals surface area contributed by atoms with Gasteiger partial charge in [0, 0.05) is 37.3 Å². The van der Waals surface area contributed by atoms with Gasteiger partial charge < -0.3 is 5.11 Å². The molecule has 9 rings (SSSR count). The number of hydrogen-bond donors (Lipinski definition) is 1. The number of imide groups is 2. The van der Waals surface area contributed by atoms with Crippen LogP contribution in [-0.2, 0) is 26.2 Å². The number of phenolic OH excluding ortho intramolecular Hbond substituents is 1. The highest BCUT2D eigenvalue weighted by Gasteiger charge is 2.68. The van der Waals surface area contributed by atoms with Gasteiger partial charge in [-0.2, -0.15) is 5.10 Å². The summed E-state index contributed by atoms with van der Waals surface area (Å²) >= 11 is 16.9. The topological polar surface area (TPSA) is 113 Å². The molecule has 9 nitrogen and oxygen atoms in total. The lowest BCUT2D eigenvalue weighted by Crippen LogP contribution is -2.49. The van der Waals surface area contributed by atoms with Gasteiger partial charge in [-0.1, -0.05) is 40.9 Å². The molecule has 4 aliphatic rings. The van der Waals surface area contributed by atoms with Gasteiger partial charge in [0.25, 0.3) is 0 Å². The number of fused-ring (bicyclic) bond motifs is 5. The van der Waals surface area contributed by atoms with Crippen LogP contribution in [0.3, 0.4) is 0 Å². The summed E-state index contributed by atoms with van der Waals surface area (Å²) in [5.41, 5.74) is 2.23. The largest absolute Gasteiger partial charge is 0.508 e. The van der Waals surface area contributed by atoms with Gasteiger partial charge in [0.2, 0.25) is 23.6 Å². The number of aromatic nitrogens is 2. The van der Waals surface area contributed by atoms with E-state index >= 15 is 4.79 Å². The minimum Gasteiger partial charge on any atom is -0.508 e. The maximum atomic E-state index is 15.1. The second-order valence-corrected chi connectivity index (χ2v) is 17.7. The molecule has 2 aliphatic carbocycles. The van der Waals surface area contributed by atoms with E-state index in [4.69, 9.17) is 28.3 Å². The lowest BCUT2D eigenvalue weighted by Gasteiger charge is -2.49. The van der Waals surface area contributed by atoms with Gasteiger partial charge in [-0.15, -0.1) is 11.3 Å². The van der Waals surface area contributed by atoms with Crippen LogP contribution in [0.15, 0.2) is 78.4 Å². The molecule has 1 saturated carbocycles. The first kappa shape index (κ1) is 34.7. The minimum absolute atomic E-state index is 0.0353. The number of halogens is 3. The average molecular weight is 878 g/mol. The molecule has 0 bridgehead atoms. The monoisotopic (exact) mass is 876 g/mol. The molecule has 0 spiro atoms. The maximum absolute atomic E-state index is 15.1. The van der Waals surface area contributed by atoms with Crippen molar-refractivity contribution in [1.82, 2.24) is 9.78 Å². The van der Waals surface area contributed by atoms with Gasteiger partial charge >= 0.3 is 0 Å². The number of carbonyl (C=O) groups is 4.